The van der Waals surface area contributed by atoms with Crippen LogP contribution in [-0.2, 0) is 16.8 Å². The molecule has 1 aliphatic carbocycles. The summed E-state index contributed by atoms with van der Waals surface area (Å²) in [5, 5.41) is 8.38. The largest absolute Gasteiger partial charge is 0.443 e. The predicted octanol–water partition coefficient (Wildman–Crippen LogP) is 2.91. The van der Waals surface area contributed by atoms with Gasteiger partial charge in [0, 0.05) is 24.1 Å². The number of benzene rings is 2. The number of anilines is 1. The molecule has 27 heavy (non-hydrogen) atoms. The van der Waals surface area contributed by atoms with Gasteiger partial charge in [0.25, 0.3) is 11.9 Å². The molecule has 0 fully saturated rings. The maximum atomic E-state index is 6.27. The molecule has 0 radical (unpaired) electrons. The van der Waals surface area contributed by atoms with Crippen molar-refractivity contribution in [2.45, 2.75) is 31.3 Å². The van der Waals surface area contributed by atoms with E-state index in [4.69, 9.17) is 20.6 Å². The summed E-state index contributed by atoms with van der Waals surface area (Å²) in [6.07, 6.45) is 1.80. The number of aromatic nitrogens is 2. The molecule has 2 aliphatic rings. The molecule has 7 heteroatoms. The molecule has 0 saturated heterocycles. The average Bonchev–Trinajstić information content (AvgIpc) is 3.28. The Hall–Kier alpha value is -3.35. The Labute approximate surface area is 156 Å². The first-order valence-corrected chi connectivity index (χ1v) is 8.89. The van der Waals surface area contributed by atoms with E-state index in [2.05, 4.69) is 27.3 Å². The van der Waals surface area contributed by atoms with E-state index in [1.165, 1.54) is 11.1 Å². The molecule has 3 aromatic rings. The van der Waals surface area contributed by atoms with E-state index in [-0.39, 0.29) is 11.9 Å². The smallest absolute Gasteiger partial charge is 0.288 e. The standard InChI is InChI=1S/C20H19N5O2/c1-11-24-25-18(26-11)20(15-8-6-12-4-2-3-5-14(12)15)16-10-13(21)7-9-17(16)23-19(22)27-20/h2-5,7,9-10,15H,6,8,21H2,1H3,(H2,22,23)/t15?,20-/m1/s1. The summed E-state index contributed by atoms with van der Waals surface area (Å²) in [5.41, 5.74) is 15.7. The number of ether oxygens (including phenoxy) is 1. The zero-order chi connectivity index (χ0) is 18.6. The summed E-state index contributed by atoms with van der Waals surface area (Å²) in [6.45, 7) is 1.76. The number of aryl methyl sites for hydroxylation is 2. The number of aliphatic imine (C=N–C) groups is 1. The number of nitrogens with zero attached hydrogens (tertiary/aromatic N) is 3. The molecular weight excluding hydrogens is 342 g/mol. The minimum absolute atomic E-state index is 0.0526. The first-order valence-electron chi connectivity index (χ1n) is 8.89. The van der Waals surface area contributed by atoms with Crippen molar-refractivity contribution in [3.05, 3.63) is 70.9 Å². The van der Waals surface area contributed by atoms with Crippen LogP contribution in [0.15, 0.2) is 51.9 Å². The third-order valence-electron chi connectivity index (χ3n) is 5.38. The van der Waals surface area contributed by atoms with Crippen molar-refractivity contribution in [2.75, 3.05) is 5.73 Å². The van der Waals surface area contributed by atoms with Crippen LogP contribution < -0.4 is 11.5 Å². The van der Waals surface area contributed by atoms with E-state index in [1.807, 2.05) is 24.3 Å². The molecule has 1 aliphatic heterocycles. The molecule has 0 spiro atoms. The lowest BCUT2D eigenvalue weighted by Crippen LogP contribution is -2.43. The lowest BCUT2D eigenvalue weighted by molar-refractivity contribution is 0.0311. The van der Waals surface area contributed by atoms with Crippen LogP contribution in [0.2, 0.25) is 0 Å². The van der Waals surface area contributed by atoms with Gasteiger partial charge in [-0.25, -0.2) is 0 Å². The van der Waals surface area contributed by atoms with Gasteiger partial charge in [-0.2, -0.15) is 4.99 Å². The normalized spacial score (nSPS) is 23.3. The van der Waals surface area contributed by atoms with Gasteiger partial charge < -0.3 is 20.6 Å². The molecule has 5 rings (SSSR count). The lowest BCUT2D eigenvalue weighted by Gasteiger charge is -2.39. The van der Waals surface area contributed by atoms with Crippen LogP contribution >= 0.6 is 0 Å². The van der Waals surface area contributed by atoms with E-state index in [1.54, 1.807) is 13.0 Å². The van der Waals surface area contributed by atoms with E-state index < -0.39 is 5.60 Å². The molecule has 0 saturated carbocycles. The molecule has 2 heterocycles. The van der Waals surface area contributed by atoms with Gasteiger partial charge in [-0.3, -0.25) is 0 Å². The lowest BCUT2D eigenvalue weighted by atomic mass is 9.76. The van der Waals surface area contributed by atoms with Crippen molar-refractivity contribution < 1.29 is 9.15 Å². The van der Waals surface area contributed by atoms with Crippen LogP contribution in [0.25, 0.3) is 0 Å². The van der Waals surface area contributed by atoms with Gasteiger partial charge in [-0.1, -0.05) is 24.3 Å². The summed E-state index contributed by atoms with van der Waals surface area (Å²) in [5.74, 6) is 0.778. The SMILES string of the molecule is Cc1nnc([C@]2(C3CCc4ccccc43)OC(N)=Nc3ccc(N)cc32)o1. The highest BCUT2D eigenvalue weighted by Crippen LogP contribution is 2.54. The number of fused-ring (bicyclic) bond motifs is 2. The Morgan fingerprint density at radius 3 is 2.78 bits per heavy atom. The van der Waals surface area contributed by atoms with Gasteiger partial charge in [0.2, 0.25) is 11.5 Å². The van der Waals surface area contributed by atoms with Gasteiger partial charge >= 0.3 is 0 Å². The van der Waals surface area contributed by atoms with Crippen LogP contribution in [0.4, 0.5) is 11.4 Å². The van der Waals surface area contributed by atoms with Gasteiger partial charge in [-0.05, 0) is 42.2 Å². The molecule has 7 nitrogen and oxygen atoms in total. The highest BCUT2D eigenvalue weighted by Gasteiger charge is 2.55. The summed E-state index contributed by atoms with van der Waals surface area (Å²) in [4.78, 5) is 4.37. The minimum atomic E-state index is -1.07. The maximum Gasteiger partial charge on any atom is 0.288 e. The van der Waals surface area contributed by atoms with Crippen LogP contribution in [0, 0.1) is 6.92 Å². The monoisotopic (exact) mass is 361 g/mol. The second kappa shape index (κ2) is 5.57. The number of rotatable bonds is 2. The summed E-state index contributed by atoms with van der Waals surface area (Å²) < 4.78 is 12.2. The molecule has 2 aromatic carbocycles. The molecule has 4 N–H and O–H groups in total. The topological polar surface area (TPSA) is 113 Å². The van der Waals surface area contributed by atoms with Gasteiger partial charge in [0.1, 0.15) is 0 Å². The second-order valence-corrected chi connectivity index (χ2v) is 6.98. The minimum Gasteiger partial charge on any atom is -0.443 e. The third-order valence-corrected chi connectivity index (χ3v) is 5.38. The van der Waals surface area contributed by atoms with Crippen LogP contribution in [0.5, 0.6) is 0 Å². The van der Waals surface area contributed by atoms with E-state index in [0.717, 1.165) is 18.4 Å². The molecular formula is C20H19N5O2. The van der Waals surface area contributed by atoms with E-state index >= 15 is 0 Å². The van der Waals surface area contributed by atoms with Crippen LogP contribution in [0.1, 0.15) is 40.8 Å². The molecule has 136 valence electrons. The molecule has 1 unspecified atom stereocenters. The quantitative estimate of drug-likeness (QED) is 0.679. The van der Waals surface area contributed by atoms with E-state index in [9.17, 15) is 0 Å². The second-order valence-electron chi connectivity index (χ2n) is 6.98. The fourth-order valence-corrected chi connectivity index (χ4v) is 4.30. The Balaban J connectivity index is 1.82. The van der Waals surface area contributed by atoms with Gasteiger partial charge in [-0.15, -0.1) is 10.2 Å². The third kappa shape index (κ3) is 2.24. The van der Waals surface area contributed by atoms with Crippen molar-refractivity contribution in [2.24, 2.45) is 10.7 Å². The number of hydrogen-bond donors (Lipinski definition) is 2. The van der Waals surface area contributed by atoms with E-state index in [0.29, 0.717) is 23.2 Å². The number of nitrogens with two attached hydrogens (primary N) is 2. The number of nitrogen functional groups attached to an aromatic ring is 1. The molecule has 0 bridgehead atoms. The fourth-order valence-electron chi connectivity index (χ4n) is 4.30. The molecule has 2 atom stereocenters. The van der Waals surface area contributed by atoms with Crippen molar-refractivity contribution >= 4 is 17.4 Å². The number of amidine groups is 1. The Bertz CT molecular complexity index is 1070. The fraction of sp³-hybridized carbons (Fsp3) is 0.250. The van der Waals surface area contributed by atoms with Crippen molar-refractivity contribution in [3.63, 3.8) is 0 Å². The zero-order valence-corrected chi connectivity index (χ0v) is 14.8. The Kier molecular flexibility index (Phi) is 3.28. The van der Waals surface area contributed by atoms with Crippen LogP contribution in [-0.4, -0.2) is 16.2 Å². The molecule has 0 amide bonds. The Morgan fingerprint density at radius 2 is 1.96 bits per heavy atom. The van der Waals surface area contributed by atoms with Crippen molar-refractivity contribution in [3.8, 4) is 0 Å². The van der Waals surface area contributed by atoms with Crippen LogP contribution in [0.3, 0.4) is 0 Å². The van der Waals surface area contributed by atoms with Gasteiger partial charge in [0.05, 0.1) is 5.69 Å². The summed E-state index contributed by atoms with van der Waals surface area (Å²) >= 11 is 0. The van der Waals surface area contributed by atoms with Crippen molar-refractivity contribution in [1.82, 2.24) is 10.2 Å². The summed E-state index contributed by atoms with van der Waals surface area (Å²) in [7, 11) is 0. The predicted molar refractivity (Wildman–Crippen MR) is 101 cm³/mol. The Morgan fingerprint density at radius 1 is 1.11 bits per heavy atom. The first kappa shape index (κ1) is 15.9. The summed E-state index contributed by atoms with van der Waals surface area (Å²) in [6, 6.07) is 13.9. The average molecular weight is 361 g/mol. The first-order chi connectivity index (χ1) is 13.1. The number of hydrogen-bond acceptors (Lipinski definition) is 7. The highest BCUT2D eigenvalue weighted by molar-refractivity contribution is 5.81. The zero-order valence-electron chi connectivity index (χ0n) is 14.8. The highest BCUT2D eigenvalue weighted by atomic mass is 16.5. The van der Waals surface area contributed by atoms with Crippen molar-refractivity contribution in [1.29, 1.82) is 0 Å². The van der Waals surface area contributed by atoms with Gasteiger partial charge in [0.15, 0.2) is 0 Å². The maximum absolute atomic E-state index is 6.27. The molecule has 1 aromatic heterocycles.